The van der Waals surface area contributed by atoms with Crippen molar-refractivity contribution in [1.82, 2.24) is 4.57 Å². The molecule has 0 aliphatic heterocycles. The molecule has 0 aliphatic carbocycles. The topological polar surface area (TPSA) is 71.3 Å². The van der Waals surface area contributed by atoms with Crippen LogP contribution in [0.1, 0.15) is 10.5 Å². The molecule has 104 valence electrons. The van der Waals surface area contributed by atoms with E-state index in [1.165, 1.54) is 16.8 Å². The summed E-state index contributed by atoms with van der Waals surface area (Å²) in [6.07, 6.45) is 1.54. The van der Waals surface area contributed by atoms with E-state index >= 15 is 0 Å². The second kappa shape index (κ2) is 6.11. The number of hydrogen-bond acceptors (Lipinski definition) is 2. The highest BCUT2D eigenvalue weighted by Gasteiger charge is 2.12. The predicted octanol–water partition coefficient (Wildman–Crippen LogP) is 3.24. The Morgan fingerprint density at radius 2 is 2.10 bits per heavy atom. The van der Waals surface area contributed by atoms with Crippen molar-refractivity contribution < 1.29 is 14.7 Å². The predicted molar refractivity (Wildman–Crippen MR) is 79.2 cm³/mol. The molecule has 0 radical (unpaired) electrons. The number of carboxylic acids is 1. The number of nitrogens with zero attached hydrogens (tertiary/aromatic N) is 1. The summed E-state index contributed by atoms with van der Waals surface area (Å²) in [6.45, 7) is -0.0897. The van der Waals surface area contributed by atoms with Crippen molar-refractivity contribution in [2.24, 2.45) is 0 Å². The van der Waals surface area contributed by atoms with E-state index in [2.05, 4.69) is 21.2 Å². The summed E-state index contributed by atoms with van der Waals surface area (Å²) in [5.74, 6) is -1.42. The lowest BCUT2D eigenvalue weighted by Crippen LogP contribution is -2.21. The summed E-state index contributed by atoms with van der Waals surface area (Å²) >= 11 is 9.16. The van der Waals surface area contributed by atoms with Crippen LogP contribution in [-0.2, 0) is 11.3 Å². The number of carbonyl (C=O) groups is 2. The smallest absolute Gasteiger partial charge is 0.352 e. The molecule has 2 N–H and O–H groups in total. The zero-order valence-electron chi connectivity index (χ0n) is 10.1. The molecule has 20 heavy (non-hydrogen) atoms. The lowest BCUT2D eigenvalue weighted by atomic mass is 10.3. The van der Waals surface area contributed by atoms with Crippen LogP contribution in [0.15, 0.2) is 41.0 Å². The standard InChI is InChI=1S/C13H10BrClN2O3/c14-9-4-3-8(15)6-10(9)16-12(18)7-17-5-1-2-11(17)13(19)20/h1-6H,7H2,(H,16,18)(H,19,20). The maximum atomic E-state index is 11.9. The molecule has 0 spiro atoms. The van der Waals surface area contributed by atoms with Gasteiger partial charge in [0, 0.05) is 15.7 Å². The van der Waals surface area contributed by atoms with Crippen LogP contribution >= 0.6 is 27.5 Å². The molecule has 1 amide bonds. The first-order valence-corrected chi connectivity index (χ1v) is 6.78. The molecule has 0 aliphatic rings. The Bertz CT molecular complexity index is 669. The third-order valence-corrected chi connectivity index (χ3v) is 3.49. The van der Waals surface area contributed by atoms with E-state index in [1.807, 2.05) is 0 Å². The lowest BCUT2D eigenvalue weighted by Gasteiger charge is -2.09. The number of rotatable bonds is 4. The molecule has 0 saturated heterocycles. The van der Waals surface area contributed by atoms with Gasteiger partial charge < -0.3 is 15.0 Å². The SMILES string of the molecule is O=C(Cn1cccc1C(=O)O)Nc1cc(Cl)ccc1Br. The van der Waals surface area contributed by atoms with E-state index < -0.39 is 5.97 Å². The van der Waals surface area contributed by atoms with Gasteiger partial charge in [0.1, 0.15) is 12.2 Å². The molecule has 0 fully saturated rings. The van der Waals surface area contributed by atoms with Crippen molar-refractivity contribution in [2.45, 2.75) is 6.54 Å². The Hall–Kier alpha value is -1.79. The van der Waals surface area contributed by atoms with E-state index in [9.17, 15) is 9.59 Å². The van der Waals surface area contributed by atoms with Crippen LogP contribution in [0.4, 0.5) is 5.69 Å². The van der Waals surface area contributed by atoms with Gasteiger partial charge in [-0.1, -0.05) is 11.6 Å². The van der Waals surface area contributed by atoms with Crippen LogP contribution in [0, 0.1) is 0 Å². The van der Waals surface area contributed by atoms with Crippen LogP contribution < -0.4 is 5.32 Å². The van der Waals surface area contributed by atoms with Crippen LogP contribution in [0.25, 0.3) is 0 Å². The summed E-state index contributed by atoms with van der Waals surface area (Å²) in [5, 5.41) is 12.1. The summed E-state index contributed by atoms with van der Waals surface area (Å²) in [6, 6.07) is 8.03. The third kappa shape index (κ3) is 3.40. The highest BCUT2D eigenvalue weighted by molar-refractivity contribution is 9.10. The van der Waals surface area contributed by atoms with E-state index in [-0.39, 0.29) is 18.1 Å². The molecule has 1 heterocycles. The Morgan fingerprint density at radius 1 is 1.35 bits per heavy atom. The number of amides is 1. The normalized spacial score (nSPS) is 10.3. The second-order valence-electron chi connectivity index (χ2n) is 4.00. The summed E-state index contributed by atoms with van der Waals surface area (Å²) in [7, 11) is 0. The summed E-state index contributed by atoms with van der Waals surface area (Å²) < 4.78 is 2.05. The monoisotopic (exact) mass is 356 g/mol. The molecule has 0 atom stereocenters. The van der Waals surface area contributed by atoms with Gasteiger partial charge in [0.15, 0.2) is 0 Å². The molecular weight excluding hydrogens is 348 g/mol. The molecule has 7 heteroatoms. The molecule has 0 unspecified atom stereocenters. The van der Waals surface area contributed by atoms with Gasteiger partial charge in [0.25, 0.3) is 0 Å². The van der Waals surface area contributed by atoms with Crippen LogP contribution in [0.5, 0.6) is 0 Å². The minimum absolute atomic E-state index is 0.0605. The fraction of sp³-hybridized carbons (Fsp3) is 0.0769. The van der Waals surface area contributed by atoms with Crippen molar-refractivity contribution >= 4 is 45.1 Å². The number of hydrogen-bond donors (Lipinski definition) is 2. The maximum Gasteiger partial charge on any atom is 0.352 e. The first-order chi connectivity index (χ1) is 9.47. The van der Waals surface area contributed by atoms with Gasteiger partial charge in [-0.2, -0.15) is 0 Å². The molecule has 5 nitrogen and oxygen atoms in total. The minimum atomic E-state index is -1.08. The van der Waals surface area contributed by atoms with Gasteiger partial charge in [0.2, 0.25) is 5.91 Å². The fourth-order valence-corrected chi connectivity index (χ4v) is 2.20. The Balaban J connectivity index is 2.11. The quantitative estimate of drug-likeness (QED) is 0.882. The van der Waals surface area contributed by atoms with Crippen LogP contribution in [0.2, 0.25) is 5.02 Å². The van der Waals surface area contributed by atoms with E-state index in [4.69, 9.17) is 16.7 Å². The van der Waals surface area contributed by atoms with Gasteiger partial charge in [-0.05, 0) is 46.3 Å². The fourth-order valence-electron chi connectivity index (χ4n) is 1.68. The van der Waals surface area contributed by atoms with Crippen molar-refractivity contribution in [2.75, 3.05) is 5.32 Å². The highest BCUT2D eigenvalue weighted by Crippen LogP contribution is 2.25. The number of carbonyl (C=O) groups excluding carboxylic acids is 1. The number of anilines is 1. The van der Waals surface area contributed by atoms with Crippen molar-refractivity contribution in [3.63, 3.8) is 0 Å². The van der Waals surface area contributed by atoms with Gasteiger partial charge in [0.05, 0.1) is 5.69 Å². The van der Waals surface area contributed by atoms with E-state index in [0.29, 0.717) is 15.2 Å². The molecule has 0 bridgehead atoms. The maximum absolute atomic E-state index is 11.9. The lowest BCUT2D eigenvalue weighted by molar-refractivity contribution is -0.116. The van der Waals surface area contributed by atoms with Crippen LogP contribution in [0.3, 0.4) is 0 Å². The van der Waals surface area contributed by atoms with Crippen molar-refractivity contribution in [3.05, 3.63) is 51.7 Å². The Kier molecular flexibility index (Phi) is 4.46. The number of aromatic nitrogens is 1. The van der Waals surface area contributed by atoms with Gasteiger partial charge >= 0.3 is 5.97 Å². The van der Waals surface area contributed by atoms with Gasteiger partial charge in [-0.15, -0.1) is 0 Å². The van der Waals surface area contributed by atoms with Gasteiger partial charge in [-0.3, -0.25) is 4.79 Å². The zero-order valence-corrected chi connectivity index (χ0v) is 12.5. The largest absolute Gasteiger partial charge is 0.477 e. The summed E-state index contributed by atoms with van der Waals surface area (Å²) in [5.41, 5.74) is 0.594. The Morgan fingerprint density at radius 3 is 2.80 bits per heavy atom. The van der Waals surface area contributed by atoms with Gasteiger partial charge in [-0.25, -0.2) is 4.79 Å². The molecule has 2 aromatic rings. The first kappa shape index (κ1) is 14.6. The molecule has 1 aromatic carbocycles. The minimum Gasteiger partial charge on any atom is -0.477 e. The zero-order chi connectivity index (χ0) is 14.7. The number of benzene rings is 1. The van der Waals surface area contributed by atoms with Crippen molar-refractivity contribution in [1.29, 1.82) is 0 Å². The highest BCUT2D eigenvalue weighted by atomic mass is 79.9. The number of halogens is 2. The Labute approximate surface area is 128 Å². The molecular formula is C13H10BrClN2O3. The first-order valence-electron chi connectivity index (χ1n) is 5.60. The number of carboxylic acid groups (broad SMARTS) is 1. The van der Waals surface area contributed by atoms with Crippen molar-refractivity contribution in [3.8, 4) is 0 Å². The number of nitrogens with one attached hydrogen (secondary N) is 1. The molecule has 2 rings (SSSR count). The molecule has 0 saturated carbocycles. The van der Waals surface area contributed by atoms with Crippen LogP contribution in [-0.4, -0.2) is 21.6 Å². The second-order valence-corrected chi connectivity index (χ2v) is 5.29. The number of aromatic carboxylic acids is 1. The summed E-state index contributed by atoms with van der Waals surface area (Å²) in [4.78, 5) is 22.9. The molecule has 1 aromatic heterocycles. The average Bonchev–Trinajstić information content (AvgIpc) is 2.82. The average molecular weight is 358 g/mol. The van der Waals surface area contributed by atoms with E-state index in [1.54, 1.807) is 24.3 Å². The third-order valence-electron chi connectivity index (χ3n) is 2.57. The van der Waals surface area contributed by atoms with E-state index in [0.717, 1.165) is 0 Å².